The standard InChI is InChI=1S/C59H94O26/c1-11-23(2)49(76)77-22-59-26(18-54(4,5)19-31(59)62)25-12-13-30-56(8)16-15-32(55(6,7)29(56)14-17-57(30,9)58(25,10)46(72)47(59)73)81-53-45(85-51-40(70)37(67)34(64)27(20-60)79-51)42(41(71)43(83-53)48(74)75)82-52-44(38(68)35(65)28(21-61)80-52)84-50-39(69)36(66)33(63)24(3)78-50/h11-12,24,26-47,50-53,60-73H,13-22H2,1-10H3,(H,74,75)/b23-11-/t24-,26-,27+,28+,29-,30+,31-,32-,33-,34+,35-,36+,37-,38-,39+,40+,41-,42-,43-,44+,45+,46-,47+,50-,51-,52-,53+,56-,57+,58-,59+/m0/s1. The normalized spacial score (nSPS) is 52.4. The molecule has 0 unspecified atom stereocenters. The first-order chi connectivity index (χ1) is 39.6. The minimum absolute atomic E-state index is 0.129. The molecule has 9 rings (SSSR count). The summed E-state index contributed by atoms with van der Waals surface area (Å²) in [5.41, 5.74) is -3.59. The number of aliphatic hydroxyl groups excluding tert-OH is 14. The van der Waals surface area contributed by atoms with Gasteiger partial charge in [-0.25, -0.2) is 9.59 Å². The highest BCUT2D eigenvalue weighted by Crippen LogP contribution is 2.76. The maximum atomic E-state index is 13.2. The van der Waals surface area contributed by atoms with Crippen LogP contribution in [0.4, 0.5) is 0 Å². The van der Waals surface area contributed by atoms with Crippen molar-refractivity contribution in [3.63, 3.8) is 0 Å². The average Bonchev–Trinajstić information content (AvgIpc) is 0.698. The largest absolute Gasteiger partial charge is 0.479 e. The van der Waals surface area contributed by atoms with E-state index in [0.29, 0.717) is 44.1 Å². The Morgan fingerprint density at radius 1 is 0.624 bits per heavy atom. The van der Waals surface area contributed by atoms with Crippen molar-refractivity contribution in [1.82, 2.24) is 0 Å². The molecule has 26 heteroatoms. The zero-order chi connectivity index (χ0) is 62.7. The Kier molecular flexibility index (Phi) is 19.1. The van der Waals surface area contributed by atoms with Gasteiger partial charge in [0.1, 0.15) is 92.1 Å². The zero-order valence-corrected chi connectivity index (χ0v) is 50.0. The Bertz CT molecular complexity index is 2460. The monoisotopic (exact) mass is 1220 g/mol. The predicted molar refractivity (Wildman–Crippen MR) is 289 cm³/mol. The van der Waals surface area contributed by atoms with E-state index in [1.807, 2.05) is 20.8 Å². The van der Waals surface area contributed by atoms with Crippen molar-refractivity contribution in [3.8, 4) is 0 Å². The molecule has 0 aromatic rings. The van der Waals surface area contributed by atoms with Gasteiger partial charge in [-0.1, -0.05) is 66.2 Å². The third kappa shape index (κ3) is 10.9. The summed E-state index contributed by atoms with van der Waals surface area (Å²) in [6, 6.07) is 0. The summed E-state index contributed by atoms with van der Waals surface area (Å²) in [5, 5.41) is 169. The van der Waals surface area contributed by atoms with Crippen LogP contribution in [0.1, 0.15) is 114 Å². The number of esters is 1. The number of aliphatic hydroxyl groups is 14. The van der Waals surface area contributed by atoms with E-state index in [2.05, 4.69) is 33.8 Å². The summed E-state index contributed by atoms with van der Waals surface area (Å²) in [7, 11) is 0. The maximum absolute atomic E-state index is 13.2. The maximum Gasteiger partial charge on any atom is 0.335 e. The molecular formula is C59H94O26. The van der Waals surface area contributed by atoms with Gasteiger partial charge in [-0.15, -0.1) is 0 Å². The number of rotatable bonds is 14. The number of fused-ring (bicyclic) bond motifs is 7. The number of ether oxygens (including phenoxy) is 9. The molecule has 4 heterocycles. The van der Waals surface area contributed by atoms with E-state index in [4.69, 9.17) is 42.6 Å². The number of carbonyl (C=O) groups is 2. The molecule has 4 saturated heterocycles. The molecule has 9 aliphatic rings. The third-order valence-corrected chi connectivity index (χ3v) is 22.6. The van der Waals surface area contributed by atoms with Crippen LogP contribution < -0.4 is 0 Å². The molecule has 0 aromatic carbocycles. The molecule has 26 nitrogen and oxygen atoms in total. The van der Waals surface area contributed by atoms with Crippen molar-refractivity contribution in [3.05, 3.63) is 23.3 Å². The van der Waals surface area contributed by atoms with Gasteiger partial charge >= 0.3 is 11.9 Å². The molecule has 0 radical (unpaired) electrons. The molecule has 4 saturated carbocycles. The summed E-state index contributed by atoms with van der Waals surface area (Å²) >= 11 is 0. The number of aliphatic carboxylic acids is 1. The van der Waals surface area contributed by atoms with Crippen LogP contribution in [0.2, 0.25) is 0 Å². The summed E-state index contributed by atoms with van der Waals surface area (Å²) in [6.45, 7) is 17.1. The van der Waals surface area contributed by atoms with Gasteiger partial charge in [-0.3, -0.25) is 0 Å². The van der Waals surface area contributed by atoms with Crippen molar-refractivity contribution in [2.75, 3.05) is 19.8 Å². The summed E-state index contributed by atoms with van der Waals surface area (Å²) in [5.74, 6) is -3.10. The van der Waals surface area contributed by atoms with Gasteiger partial charge in [-0.2, -0.15) is 0 Å². The molecule has 8 fully saturated rings. The Morgan fingerprint density at radius 2 is 1.19 bits per heavy atom. The van der Waals surface area contributed by atoms with Gasteiger partial charge in [0.25, 0.3) is 0 Å². The van der Waals surface area contributed by atoms with E-state index in [1.54, 1.807) is 19.9 Å². The topological polar surface area (TPSA) is 421 Å². The van der Waals surface area contributed by atoms with Crippen molar-refractivity contribution >= 4 is 11.9 Å². The zero-order valence-electron chi connectivity index (χ0n) is 50.0. The number of carboxylic acids is 1. The van der Waals surface area contributed by atoms with Crippen molar-refractivity contribution < 1.29 is 129 Å². The molecule has 0 spiro atoms. The fraction of sp³-hybridized carbons (Fsp3) is 0.898. The lowest BCUT2D eigenvalue weighted by Crippen LogP contribution is -2.74. The summed E-state index contributed by atoms with van der Waals surface area (Å²) in [4.78, 5) is 26.4. The molecule has 5 aliphatic carbocycles. The first-order valence-corrected chi connectivity index (χ1v) is 30.0. The second-order valence-electron chi connectivity index (χ2n) is 28.0. The Labute approximate surface area is 494 Å². The molecule has 0 amide bonds. The molecule has 85 heavy (non-hydrogen) atoms. The Balaban J connectivity index is 1.05. The summed E-state index contributed by atoms with van der Waals surface area (Å²) in [6.07, 6.45) is -35.9. The van der Waals surface area contributed by atoms with E-state index in [1.165, 1.54) is 6.92 Å². The molecular weight excluding hydrogens is 1120 g/mol. The van der Waals surface area contributed by atoms with Gasteiger partial charge in [0.2, 0.25) is 0 Å². The van der Waals surface area contributed by atoms with E-state index in [0.717, 1.165) is 5.57 Å². The predicted octanol–water partition coefficient (Wildman–Crippen LogP) is -2.01. The van der Waals surface area contributed by atoms with Gasteiger partial charge < -0.3 is 119 Å². The van der Waals surface area contributed by atoms with Gasteiger partial charge in [-0.05, 0) is 105 Å². The van der Waals surface area contributed by atoms with Crippen molar-refractivity contribution in [1.29, 1.82) is 0 Å². The van der Waals surface area contributed by atoms with Crippen molar-refractivity contribution in [2.45, 2.75) is 261 Å². The number of carboxylic acid groups (broad SMARTS) is 1. The fourth-order valence-corrected chi connectivity index (χ4v) is 17.3. The quantitative estimate of drug-likeness (QED) is 0.0387. The van der Waals surface area contributed by atoms with Gasteiger partial charge in [0.05, 0.1) is 49.1 Å². The third-order valence-electron chi connectivity index (χ3n) is 22.6. The van der Waals surface area contributed by atoms with Crippen LogP contribution >= 0.6 is 0 Å². The smallest absolute Gasteiger partial charge is 0.335 e. The minimum atomic E-state index is -2.29. The second kappa shape index (κ2) is 24.3. The van der Waals surface area contributed by atoms with E-state index in [-0.39, 0.29) is 30.3 Å². The highest BCUT2D eigenvalue weighted by atomic mass is 16.8. The first-order valence-electron chi connectivity index (χ1n) is 30.0. The molecule has 4 aliphatic heterocycles. The minimum Gasteiger partial charge on any atom is -0.479 e. The number of carbonyl (C=O) groups excluding carboxylic acids is 1. The van der Waals surface area contributed by atoms with E-state index in [9.17, 15) is 86.2 Å². The van der Waals surface area contributed by atoms with E-state index >= 15 is 0 Å². The molecule has 0 aromatic heterocycles. The van der Waals surface area contributed by atoms with Crippen LogP contribution in [0.3, 0.4) is 0 Å². The SMILES string of the molecule is C/C=C(/C)C(=O)OC[C@@]12[C@H](O)[C@H](O)[C@]3(C)C(=CC[C@@H]4[C@@]5(C)CC[C@H](O[C@@H]6O[C@H](C(=O)O)[C@@H](O)[C@H](O[C@@H]7O[C@H](CO)[C@H](O)[C@H](O)[C@H]7O[C@@H]7O[C@@H](C)[C@H](O)[C@@H](O)[C@H]7O)[C@H]6O[C@@H]6O[C@H](CO)[C@@H](O)[C@H](O)[C@H]6O)C(C)(C)[C@@H]5CC[C@]43C)[C@@H]1CC(C)(C)C[C@@H]2O. The second-order valence-corrected chi connectivity index (χ2v) is 28.0. The Hall–Kier alpha value is -2.46. The van der Waals surface area contributed by atoms with E-state index < -0.39 is 205 Å². The molecule has 486 valence electrons. The lowest BCUT2D eigenvalue weighted by Gasteiger charge is -2.73. The number of hydrogen-bond acceptors (Lipinski definition) is 25. The average molecular weight is 1220 g/mol. The number of allylic oxidation sites excluding steroid dienone is 2. The summed E-state index contributed by atoms with van der Waals surface area (Å²) < 4.78 is 55.0. The van der Waals surface area contributed by atoms with Crippen LogP contribution in [0.5, 0.6) is 0 Å². The first kappa shape index (κ1) is 66.9. The van der Waals surface area contributed by atoms with Crippen molar-refractivity contribution in [2.24, 2.45) is 50.2 Å². The molecule has 15 N–H and O–H groups in total. The van der Waals surface area contributed by atoms with Gasteiger partial charge in [0.15, 0.2) is 31.3 Å². The van der Waals surface area contributed by atoms with Crippen LogP contribution in [-0.2, 0) is 52.2 Å². The lowest BCUT2D eigenvalue weighted by atomic mass is 9.32. The molecule has 0 bridgehead atoms. The molecule has 31 atom stereocenters. The van der Waals surface area contributed by atoms with Crippen LogP contribution in [0.25, 0.3) is 0 Å². The van der Waals surface area contributed by atoms with Crippen LogP contribution in [-0.4, -0.2) is 256 Å². The van der Waals surface area contributed by atoms with Crippen LogP contribution in [0.15, 0.2) is 23.3 Å². The number of hydrogen-bond donors (Lipinski definition) is 15. The lowest BCUT2D eigenvalue weighted by molar-refractivity contribution is -0.406. The highest BCUT2D eigenvalue weighted by molar-refractivity contribution is 5.87. The fourth-order valence-electron chi connectivity index (χ4n) is 17.3. The van der Waals surface area contributed by atoms with Crippen LogP contribution in [0, 0.1) is 50.2 Å². The van der Waals surface area contributed by atoms with Gasteiger partial charge in [0, 0.05) is 11.0 Å². The Morgan fingerprint density at radius 3 is 1.80 bits per heavy atom. The highest BCUT2D eigenvalue weighted by Gasteiger charge is 2.75.